The highest BCUT2D eigenvalue weighted by molar-refractivity contribution is 6.30. The maximum absolute atomic E-state index is 6.23. The molecule has 2 aliphatic rings. The van der Waals surface area contributed by atoms with Crippen LogP contribution in [0.5, 0.6) is 0 Å². The van der Waals surface area contributed by atoms with Gasteiger partial charge in [0.2, 0.25) is 0 Å². The van der Waals surface area contributed by atoms with Crippen LogP contribution >= 0.6 is 11.6 Å². The van der Waals surface area contributed by atoms with E-state index in [1.165, 1.54) is 37.4 Å². The number of nitrogens with one attached hydrogen (secondary N) is 1. The van der Waals surface area contributed by atoms with Gasteiger partial charge in [0.1, 0.15) is 0 Å². The average Bonchev–Trinajstić information content (AvgIpc) is 2.75. The van der Waals surface area contributed by atoms with Crippen LogP contribution in [0.3, 0.4) is 0 Å². The summed E-state index contributed by atoms with van der Waals surface area (Å²) < 4.78 is 0. The molecule has 2 saturated heterocycles. The summed E-state index contributed by atoms with van der Waals surface area (Å²) in [5.74, 6) is 1.63. The van der Waals surface area contributed by atoms with Crippen LogP contribution in [0.4, 0.5) is 5.69 Å². The number of rotatable bonds is 6. The first kappa shape index (κ1) is 23.2. The zero-order chi connectivity index (χ0) is 21.5. The van der Waals surface area contributed by atoms with Crippen molar-refractivity contribution < 1.29 is 0 Å². The normalized spacial score (nSPS) is 20.5. The molecule has 1 N–H and O–H groups in total. The van der Waals surface area contributed by atoms with Crippen LogP contribution in [0.15, 0.2) is 23.2 Å². The quantitative estimate of drug-likeness (QED) is 0.550. The standard InChI is InChI=1S/C23H39ClN6/c1-5-25-23(26-17-19(2)18-28-10-8-27(4)9-11-28)30-14-12-29(13-15-30)22-16-21(24)7-6-20(22)3/h6-7,16,19H,5,8-15,17-18H2,1-4H3,(H,25,26). The van der Waals surface area contributed by atoms with E-state index in [1.807, 2.05) is 6.07 Å². The molecule has 0 saturated carbocycles. The van der Waals surface area contributed by atoms with Gasteiger partial charge in [0, 0.05) is 82.7 Å². The van der Waals surface area contributed by atoms with E-state index >= 15 is 0 Å². The molecular formula is C23H39ClN6. The van der Waals surface area contributed by atoms with Crippen molar-refractivity contribution in [2.75, 3.05) is 83.9 Å². The summed E-state index contributed by atoms with van der Waals surface area (Å²) in [4.78, 5) is 14.8. The number of benzene rings is 1. The third-order valence-electron chi connectivity index (χ3n) is 6.14. The molecule has 168 valence electrons. The highest BCUT2D eigenvalue weighted by atomic mass is 35.5. The Morgan fingerprint density at radius 2 is 1.80 bits per heavy atom. The first-order chi connectivity index (χ1) is 14.5. The molecule has 2 fully saturated rings. The van der Waals surface area contributed by atoms with E-state index < -0.39 is 0 Å². The van der Waals surface area contributed by atoms with Crippen LogP contribution in [-0.4, -0.2) is 99.7 Å². The van der Waals surface area contributed by atoms with E-state index in [9.17, 15) is 0 Å². The molecule has 0 bridgehead atoms. The van der Waals surface area contributed by atoms with Crippen molar-refractivity contribution in [2.24, 2.45) is 10.9 Å². The molecule has 2 aliphatic heterocycles. The lowest BCUT2D eigenvalue weighted by atomic mass is 10.1. The van der Waals surface area contributed by atoms with E-state index in [2.05, 4.69) is 64.9 Å². The van der Waals surface area contributed by atoms with Gasteiger partial charge in [0.25, 0.3) is 0 Å². The van der Waals surface area contributed by atoms with Crippen LogP contribution in [-0.2, 0) is 0 Å². The summed E-state index contributed by atoms with van der Waals surface area (Å²) in [7, 11) is 2.21. The number of hydrogen-bond acceptors (Lipinski definition) is 4. The Bertz CT molecular complexity index is 693. The van der Waals surface area contributed by atoms with E-state index in [0.29, 0.717) is 5.92 Å². The third-order valence-corrected chi connectivity index (χ3v) is 6.38. The Morgan fingerprint density at radius 1 is 1.10 bits per heavy atom. The number of hydrogen-bond donors (Lipinski definition) is 1. The van der Waals surface area contributed by atoms with Gasteiger partial charge in [-0.25, -0.2) is 0 Å². The van der Waals surface area contributed by atoms with E-state index in [1.54, 1.807) is 0 Å². The highest BCUT2D eigenvalue weighted by Gasteiger charge is 2.21. The second-order valence-corrected chi connectivity index (χ2v) is 9.25. The molecule has 2 heterocycles. The van der Waals surface area contributed by atoms with Crippen LogP contribution in [0, 0.1) is 12.8 Å². The third kappa shape index (κ3) is 6.50. The zero-order valence-electron chi connectivity index (χ0n) is 19.2. The first-order valence-corrected chi connectivity index (χ1v) is 11.8. The predicted octanol–water partition coefficient (Wildman–Crippen LogP) is 2.62. The second kappa shape index (κ2) is 11.2. The molecule has 1 aromatic carbocycles. The Balaban J connectivity index is 1.52. The first-order valence-electron chi connectivity index (χ1n) is 11.4. The van der Waals surface area contributed by atoms with Gasteiger partial charge in [-0.3, -0.25) is 4.99 Å². The highest BCUT2D eigenvalue weighted by Crippen LogP contribution is 2.25. The minimum Gasteiger partial charge on any atom is -0.368 e. The fourth-order valence-electron chi connectivity index (χ4n) is 4.28. The van der Waals surface area contributed by atoms with Gasteiger partial charge in [0.05, 0.1) is 0 Å². The number of piperazine rings is 2. The largest absolute Gasteiger partial charge is 0.368 e. The monoisotopic (exact) mass is 434 g/mol. The van der Waals surface area contributed by atoms with Crippen molar-refractivity contribution in [3.63, 3.8) is 0 Å². The van der Waals surface area contributed by atoms with E-state index in [0.717, 1.165) is 56.8 Å². The van der Waals surface area contributed by atoms with Crippen molar-refractivity contribution >= 4 is 23.2 Å². The van der Waals surface area contributed by atoms with Crippen LogP contribution in [0.2, 0.25) is 5.02 Å². The SMILES string of the molecule is CCNC(=NCC(C)CN1CCN(C)CC1)N1CCN(c2cc(Cl)ccc2C)CC1. The summed E-state index contributed by atoms with van der Waals surface area (Å²) in [6.45, 7) is 18.2. The molecule has 30 heavy (non-hydrogen) atoms. The molecule has 7 heteroatoms. The maximum atomic E-state index is 6.23. The summed E-state index contributed by atoms with van der Waals surface area (Å²) in [6, 6.07) is 6.17. The number of nitrogens with zero attached hydrogens (tertiary/aromatic N) is 5. The van der Waals surface area contributed by atoms with Crippen molar-refractivity contribution in [3.05, 3.63) is 28.8 Å². The number of guanidine groups is 1. The lowest BCUT2D eigenvalue weighted by Crippen LogP contribution is -2.53. The Hall–Kier alpha value is -1.50. The maximum Gasteiger partial charge on any atom is 0.194 e. The van der Waals surface area contributed by atoms with Crippen LogP contribution in [0.25, 0.3) is 0 Å². The minimum absolute atomic E-state index is 0.567. The second-order valence-electron chi connectivity index (χ2n) is 8.81. The van der Waals surface area contributed by atoms with Gasteiger partial charge in [-0.05, 0) is 44.5 Å². The summed E-state index contributed by atoms with van der Waals surface area (Å²) >= 11 is 6.23. The predicted molar refractivity (Wildman–Crippen MR) is 129 cm³/mol. The molecule has 1 aromatic rings. The Kier molecular flexibility index (Phi) is 8.66. The zero-order valence-corrected chi connectivity index (χ0v) is 20.0. The van der Waals surface area contributed by atoms with Gasteiger partial charge in [0.15, 0.2) is 5.96 Å². The van der Waals surface area contributed by atoms with Crippen molar-refractivity contribution in [3.8, 4) is 0 Å². The molecule has 0 radical (unpaired) electrons. The molecule has 0 spiro atoms. The Morgan fingerprint density at radius 3 is 2.47 bits per heavy atom. The van der Waals surface area contributed by atoms with Crippen molar-refractivity contribution in [1.82, 2.24) is 20.0 Å². The fourth-order valence-corrected chi connectivity index (χ4v) is 4.45. The van der Waals surface area contributed by atoms with E-state index in [-0.39, 0.29) is 0 Å². The number of likely N-dealkylation sites (N-methyl/N-ethyl adjacent to an activating group) is 1. The molecule has 0 aromatic heterocycles. The molecule has 0 amide bonds. The van der Waals surface area contributed by atoms with Crippen molar-refractivity contribution in [1.29, 1.82) is 0 Å². The lowest BCUT2D eigenvalue weighted by Gasteiger charge is -2.38. The number of halogens is 1. The number of anilines is 1. The Labute approximate surface area is 187 Å². The number of aryl methyl sites for hydroxylation is 1. The van der Waals surface area contributed by atoms with Gasteiger partial charge in [-0.1, -0.05) is 24.6 Å². The van der Waals surface area contributed by atoms with Gasteiger partial charge in [-0.15, -0.1) is 0 Å². The molecule has 1 atom stereocenters. The summed E-state index contributed by atoms with van der Waals surface area (Å²) in [6.07, 6.45) is 0. The summed E-state index contributed by atoms with van der Waals surface area (Å²) in [5.41, 5.74) is 2.54. The minimum atomic E-state index is 0.567. The smallest absolute Gasteiger partial charge is 0.194 e. The average molecular weight is 435 g/mol. The molecule has 3 rings (SSSR count). The molecular weight excluding hydrogens is 396 g/mol. The van der Waals surface area contributed by atoms with E-state index in [4.69, 9.17) is 16.6 Å². The van der Waals surface area contributed by atoms with Gasteiger partial charge >= 0.3 is 0 Å². The fraction of sp³-hybridized carbons (Fsp3) is 0.696. The lowest BCUT2D eigenvalue weighted by molar-refractivity contribution is 0.140. The van der Waals surface area contributed by atoms with Crippen molar-refractivity contribution in [2.45, 2.75) is 20.8 Å². The van der Waals surface area contributed by atoms with Crippen LogP contribution < -0.4 is 10.2 Å². The molecule has 0 aliphatic carbocycles. The van der Waals surface area contributed by atoms with Gasteiger partial charge < -0.3 is 24.9 Å². The summed E-state index contributed by atoms with van der Waals surface area (Å²) in [5, 5.41) is 4.32. The topological polar surface area (TPSA) is 37.4 Å². The van der Waals surface area contributed by atoms with Gasteiger partial charge in [-0.2, -0.15) is 0 Å². The molecule has 6 nitrogen and oxygen atoms in total. The number of aliphatic imine (C=N–C) groups is 1. The molecule has 1 unspecified atom stereocenters. The van der Waals surface area contributed by atoms with Crippen LogP contribution in [0.1, 0.15) is 19.4 Å².